The van der Waals surface area contributed by atoms with Gasteiger partial charge < -0.3 is 15.0 Å². The van der Waals surface area contributed by atoms with Crippen molar-refractivity contribution in [2.24, 2.45) is 0 Å². The molecule has 8 heteroatoms. The summed E-state index contributed by atoms with van der Waals surface area (Å²) in [5.41, 5.74) is 1.96. The van der Waals surface area contributed by atoms with Gasteiger partial charge in [-0.2, -0.15) is 8.78 Å². The van der Waals surface area contributed by atoms with Crippen LogP contribution in [0.15, 0.2) is 36.5 Å². The number of anilines is 1. The maximum atomic E-state index is 13.6. The predicted molar refractivity (Wildman–Crippen MR) is 95.3 cm³/mol. The number of alkyl halides is 2. The zero-order valence-corrected chi connectivity index (χ0v) is 14.8. The van der Waals surface area contributed by atoms with Crippen LogP contribution in [0.4, 0.5) is 18.9 Å². The van der Waals surface area contributed by atoms with Crippen molar-refractivity contribution < 1.29 is 22.7 Å². The normalized spacial score (nSPS) is 15.1. The Balaban J connectivity index is 1.76. The Morgan fingerprint density at radius 1 is 1.26 bits per heavy atom. The lowest BCUT2D eigenvalue weighted by Crippen LogP contribution is -2.44. The van der Waals surface area contributed by atoms with Gasteiger partial charge in [0.1, 0.15) is 0 Å². The standard InChI is InChI=1S/C19H20F3N3O2/c1-12(26)24-14-5-8-25(9-6-14)15-4-7-23-17(11-15)13-2-3-16(20)18(10-13)27-19(21)22/h2-4,7,10-11,14,19H,5-6,8-9H2,1H3,(H,24,26). The van der Waals surface area contributed by atoms with Crippen molar-refractivity contribution in [3.05, 3.63) is 42.3 Å². The minimum absolute atomic E-state index is 0.0298. The van der Waals surface area contributed by atoms with E-state index in [1.54, 1.807) is 6.20 Å². The van der Waals surface area contributed by atoms with Crippen LogP contribution in [0.2, 0.25) is 0 Å². The molecule has 1 aliphatic heterocycles. The van der Waals surface area contributed by atoms with Crippen LogP contribution in [-0.4, -0.2) is 36.6 Å². The number of ether oxygens (including phenoxy) is 1. The Morgan fingerprint density at radius 2 is 2.00 bits per heavy atom. The highest BCUT2D eigenvalue weighted by molar-refractivity contribution is 5.73. The summed E-state index contributed by atoms with van der Waals surface area (Å²) in [4.78, 5) is 17.6. The topological polar surface area (TPSA) is 54.5 Å². The van der Waals surface area contributed by atoms with Crippen LogP contribution in [0.25, 0.3) is 11.3 Å². The number of halogens is 3. The molecule has 0 saturated carbocycles. The minimum atomic E-state index is -3.10. The molecule has 1 aliphatic rings. The number of amides is 1. The second kappa shape index (κ2) is 8.28. The van der Waals surface area contributed by atoms with E-state index in [1.807, 2.05) is 12.1 Å². The first-order chi connectivity index (χ1) is 12.9. The van der Waals surface area contributed by atoms with E-state index in [4.69, 9.17) is 0 Å². The number of pyridine rings is 1. The van der Waals surface area contributed by atoms with E-state index in [0.717, 1.165) is 37.7 Å². The van der Waals surface area contributed by atoms with Crippen LogP contribution < -0.4 is 15.0 Å². The summed E-state index contributed by atoms with van der Waals surface area (Å²) in [6.45, 7) is -0.0373. The van der Waals surface area contributed by atoms with E-state index in [2.05, 4.69) is 19.9 Å². The molecule has 2 aromatic rings. The van der Waals surface area contributed by atoms with Crippen molar-refractivity contribution in [3.63, 3.8) is 0 Å². The molecule has 1 fully saturated rings. The molecule has 0 radical (unpaired) electrons. The number of aromatic nitrogens is 1. The monoisotopic (exact) mass is 379 g/mol. The quantitative estimate of drug-likeness (QED) is 0.863. The van der Waals surface area contributed by atoms with Gasteiger partial charge in [-0.15, -0.1) is 0 Å². The number of hydrogen-bond donors (Lipinski definition) is 1. The fraction of sp³-hybridized carbons (Fsp3) is 0.368. The molecule has 0 bridgehead atoms. The second-order valence-corrected chi connectivity index (χ2v) is 6.38. The molecule has 27 heavy (non-hydrogen) atoms. The number of hydrogen-bond acceptors (Lipinski definition) is 4. The Kier molecular flexibility index (Phi) is 5.83. The van der Waals surface area contributed by atoms with Crippen molar-refractivity contribution in [2.75, 3.05) is 18.0 Å². The van der Waals surface area contributed by atoms with E-state index < -0.39 is 18.2 Å². The lowest BCUT2D eigenvalue weighted by molar-refractivity contribution is -0.119. The summed E-state index contributed by atoms with van der Waals surface area (Å²) in [7, 11) is 0. The molecule has 1 aromatic heterocycles. The number of nitrogens with one attached hydrogen (secondary N) is 1. The van der Waals surface area contributed by atoms with Gasteiger partial charge in [0.15, 0.2) is 11.6 Å². The molecule has 0 spiro atoms. The third kappa shape index (κ3) is 4.90. The molecule has 0 atom stereocenters. The smallest absolute Gasteiger partial charge is 0.387 e. The van der Waals surface area contributed by atoms with Crippen LogP contribution in [0.3, 0.4) is 0 Å². The van der Waals surface area contributed by atoms with Gasteiger partial charge in [0.25, 0.3) is 0 Å². The fourth-order valence-electron chi connectivity index (χ4n) is 3.19. The molecule has 144 valence electrons. The molecule has 1 N–H and O–H groups in total. The highest BCUT2D eigenvalue weighted by atomic mass is 19.3. The van der Waals surface area contributed by atoms with Crippen molar-refractivity contribution in [3.8, 4) is 17.0 Å². The summed E-state index contributed by atoms with van der Waals surface area (Å²) < 4.78 is 42.7. The van der Waals surface area contributed by atoms with E-state index in [-0.39, 0.29) is 11.9 Å². The van der Waals surface area contributed by atoms with Gasteiger partial charge in [0.05, 0.1) is 5.69 Å². The molecule has 1 aromatic carbocycles. The highest BCUT2D eigenvalue weighted by Crippen LogP contribution is 2.29. The molecular formula is C19H20F3N3O2. The van der Waals surface area contributed by atoms with Gasteiger partial charge in [0, 0.05) is 43.5 Å². The van der Waals surface area contributed by atoms with Crippen molar-refractivity contribution >= 4 is 11.6 Å². The van der Waals surface area contributed by atoms with Gasteiger partial charge in [-0.3, -0.25) is 9.78 Å². The number of rotatable bonds is 5. The van der Waals surface area contributed by atoms with Gasteiger partial charge >= 0.3 is 6.61 Å². The maximum Gasteiger partial charge on any atom is 0.387 e. The zero-order chi connectivity index (χ0) is 19.4. The Morgan fingerprint density at radius 3 is 2.67 bits per heavy atom. The van der Waals surface area contributed by atoms with Crippen molar-refractivity contribution in [1.29, 1.82) is 0 Å². The number of carbonyl (C=O) groups is 1. The van der Waals surface area contributed by atoms with Crippen molar-refractivity contribution in [1.82, 2.24) is 10.3 Å². The van der Waals surface area contributed by atoms with Crippen LogP contribution in [-0.2, 0) is 4.79 Å². The van der Waals surface area contributed by atoms with E-state index >= 15 is 0 Å². The first-order valence-corrected chi connectivity index (χ1v) is 8.65. The molecular weight excluding hydrogens is 359 g/mol. The van der Waals surface area contributed by atoms with Crippen molar-refractivity contribution in [2.45, 2.75) is 32.4 Å². The molecule has 5 nitrogen and oxygen atoms in total. The lowest BCUT2D eigenvalue weighted by atomic mass is 10.0. The Bertz CT molecular complexity index is 809. The maximum absolute atomic E-state index is 13.6. The van der Waals surface area contributed by atoms with E-state index in [0.29, 0.717) is 11.3 Å². The summed E-state index contributed by atoms with van der Waals surface area (Å²) in [5.74, 6) is -1.39. The molecule has 1 saturated heterocycles. The minimum Gasteiger partial charge on any atom is -0.432 e. The van der Waals surface area contributed by atoms with E-state index in [9.17, 15) is 18.0 Å². The molecule has 1 amide bonds. The summed E-state index contributed by atoms with van der Waals surface area (Å²) in [5, 5.41) is 2.93. The Hall–Kier alpha value is -2.77. The first kappa shape index (κ1) is 19.0. The van der Waals surface area contributed by atoms with Crippen LogP contribution in [0.5, 0.6) is 5.75 Å². The molecule has 3 rings (SSSR count). The average Bonchev–Trinajstić information content (AvgIpc) is 2.63. The second-order valence-electron chi connectivity index (χ2n) is 6.38. The zero-order valence-electron chi connectivity index (χ0n) is 14.8. The van der Waals surface area contributed by atoms with E-state index in [1.165, 1.54) is 19.1 Å². The number of piperidine rings is 1. The summed E-state index contributed by atoms with van der Waals surface area (Å²) in [6, 6.07) is 7.64. The number of carbonyl (C=O) groups excluding carboxylic acids is 1. The fourth-order valence-corrected chi connectivity index (χ4v) is 3.19. The third-order valence-corrected chi connectivity index (χ3v) is 4.45. The van der Waals surface area contributed by atoms with Gasteiger partial charge in [-0.1, -0.05) is 0 Å². The largest absolute Gasteiger partial charge is 0.432 e. The van der Waals surface area contributed by atoms with Crippen LogP contribution >= 0.6 is 0 Å². The number of benzene rings is 1. The lowest BCUT2D eigenvalue weighted by Gasteiger charge is -2.33. The highest BCUT2D eigenvalue weighted by Gasteiger charge is 2.20. The Labute approximate surface area is 155 Å². The number of nitrogens with zero attached hydrogens (tertiary/aromatic N) is 2. The average molecular weight is 379 g/mol. The summed E-state index contributed by atoms with van der Waals surface area (Å²) >= 11 is 0. The van der Waals surface area contributed by atoms with Gasteiger partial charge in [-0.05, 0) is 43.2 Å². The molecule has 0 aliphatic carbocycles. The molecule has 2 heterocycles. The SMILES string of the molecule is CC(=O)NC1CCN(c2ccnc(-c3ccc(F)c(OC(F)F)c3)c2)CC1. The summed E-state index contributed by atoms with van der Waals surface area (Å²) in [6.07, 6.45) is 3.29. The van der Waals surface area contributed by atoms with Gasteiger partial charge in [-0.25, -0.2) is 4.39 Å². The molecule has 0 unspecified atom stereocenters. The van der Waals surface area contributed by atoms with Gasteiger partial charge in [0.2, 0.25) is 5.91 Å². The first-order valence-electron chi connectivity index (χ1n) is 8.65. The van der Waals surface area contributed by atoms with Crippen LogP contribution in [0, 0.1) is 5.82 Å². The third-order valence-electron chi connectivity index (χ3n) is 4.45. The van der Waals surface area contributed by atoms with Crippen LogP contribution in [0.1, 0.15) is 19.8 Å². The predicted octanol–water partition coefficient (Wildman–Crippen LogP) is 3.59.